The zero-order chi connectivity index (χ0) is 17.0. The number of rotatable bonds is 5. The lowest BCUT2D eigenvalue weighted by atomic mass is 9.91. The van der Waals surface area contributed by atoms with E-state index in [1.165, 1.54) is 25.7 Å². The van der Waals surface area contributed by atoms with Crippen LogP contribution in [0.2, 0.25) is 0 Å². The highest BCUT2D eigenvalue weighted by Gasteiger charge is 2.46. The summed E-state index contributed by atoms with van der Waals surface area (Å²) in [5, 5.41) is 11.5. The van der Waals surface area contributed by atoms with Gasteiger partial charge in [0.25, 0.3) is 0 Å². The third-order valence-corrected chi connectivity index (χ3v) is 5.77. The number of aryl methyl sites for hydroxylation is 1. The van der Waals surface area contributed by atoms with Crippen LogP contribution >= 0.6 is 0 Å². The molecule has 2 aliphatic carbocycles. The van der Waals surface area contributed by atoms with Gasteiger partial charge in [0, 0.05) is 31.0 Å². The Kier molecular flexibility index (Phi) is 3.43. The Morgan fingerprint density at radius 1 is 1.32 bits per heavy atom. The van der Waals surface area contributed by atoms with E-state index in [0.717, 1.165) is 36.4 Å². The smallest absolute Gasteiger partial charge is 0.228 e. The molecule has 25 heavy (non-hydrogen) atoms. The molecule has 7 nitrogen and oxygen atoms in total. The van der Waals surface area contributed by atoms with E-state index < -0.39 is 0 Å². The van der Waals surface area contributed by atoms with Crippen LogP contribution in [-0.4, -0.2) is 44.2 Å². The summed E-state index contributed by atoms with van der Waals surface area (Å²) in [6, 6.07) is 1.84. The van der Waals surface area contributed by atoms with Gasteiger partial charge in [0.1, 0.15) is 11.6 Å². The molecule has 0 unspecified atom stereocenters. The van der Waals surface area contributed by atoms with Crippen LogP contribution in [0.25, 0.3) is 0 Å². The SMILES string of the molecule is Cc1cc(CC(=O)N2C[C@H](c3nc(C4CC4)n[nH]3)[C@@H](C3CC3)C2)no1. The van der Waals surface area contributed by atoms with Gasteiger partial charge in [-0.15, -0.1) is 0 Å². The average Bonchev–Trinajstić information content (AvgIpc) is 3.49. The molecular weight excluding hydrogens is 318 g/mol. The second kappa shape index (κ2) is 5.68. The van der Waals surface area contributed by atoms with Gasteiger partial charge in [-0.25, -0.2) is 4.98 Å². The standard InChI is InChI=1S/C18H23N5O2/c1-10-6-13(22-25-10)7-16(24)23-8-14(11-2-3-11)15(9-23)18-19-17(20-21-18)12-4-5-12/h6,11-12,14-15H,2-5,7-9H2,1H3,(H,19,20,21)/t14-,15+/m1/s1. The molecule has 3 heterocycles. The highest BCUT2D eigenvalue weighted by molar-refractivity contribution is 5.78. The Hall–Kier alpha value is -2.18. The maximum absolute atomic E-state index is 12.7. The van der Waals surface area contributed by atoms with Crippen LogP contribution in [0.4, 0.5) is 0 Å². The van der Waals surface area contributed by atoms with E-state index in [4.69, 9.17) is 9.51 Å². The first-order valence-corrected chi connectivity index (χ1v) is 9.29. The normalized spacial score (nSPS) is 26.4. The molecule has 2 aromatic rings. The summed E-state index contributed by atoms with van der Waals surface area (Å²) >= 11 is 0. The summed E-state index contributed by atoms with van der Waals surface area (Å²) in [7, 11) is 0. The van der Waals surface area contributed by atoms with Crippen molar-refractivity contribution in [3.63, 3.8) is 0 Å². The molecule has 0 spiro atoms. The topological polar surface area (TPSA) is 87.9 Å². The molecule has 2 saturated carbocycles. The summed E-state index contributed by atoms with van der Waals surface area (Å²) in [5.74, 6) is 4.89. The van der Waals surface area contributed by atoms with Crippen molar-refractivity contribution in [3.05, 3.63) is 29.2 Å². The molecule has 1 N–H and O–H groups in total. The number of hydrogen-bond acceptors (Lipinski definition) is 5. The molecule has 3 aliphatic rings. The molecule has 0 bridgehead atoms. The third-order valence-electron chi connectivity index (χ3n) is 5.77. The molecule has 0 aromatic carbocycles. The van der Waals surface area contributed by atoms with Gasteiger partial charge in [0.2, 0.25) is 5.91 Å². The van der Waals surface area contributed by atoms with E-state index in [1.54, 1.807) is 0 Å². The molecular formula is C18H23N5O2. The summed E-state index contributed by atoms with van der Waals surface area (Å²) in [6.45, 7) is 3.40. The fourth-order valence-corrected chi connectivity index (χ4v) is 4.07. The lowest BCUT2D eigenvalue weighted by Gasteiger charge is -2.15. The first kappa shape index (κ1) is 15.1. The minimum atomic E-state index is 0.128. The molecule has 0 radical (unpaired) electrons. The van der Waals surface area contributed by atoms with E-state index in [-0.39, 0.29) is 11.8 Å². The predicted molar refractivity (Wildman–Crippen MR) is 88.8 cm³/mol. The Bertz CT molecular complexity index is 789. The van der Waals surface area contributed by atoms with Gasteiger partial charge in [-0.3, -0.25) is 9.89 Å². The number of carbonyl (C=O) groups is 1. The Balaban J connectivity index is 1.31. The molecule has 1 aliphatic heterocycles. The largest absolute Gasteiger partial charge is 0.361 e. The molecule has 5 rings (SSSR count). The van der Waals surface area contributed by atoms with Crippen molar-refractivity contribution >= 4 is 5.91 Å². The first-order chi connectivity index (χ1) is 12.2. The Morgan fingerprint density at radius 2 is 2.16 bits per heavy atom. The number of aromatic nitrogens is 4. The number of H-pyrrole nitrogens is 1. The van der Waals surface area contributed by atoms with Crippen LogP contribution in [0.15, 0.2) is 10.6 Å². The number of amides is 1. The van der Waals surface area contributed by atoms with E-state index in [0.29, 0.717) is 24.0 Å². The molecule has 3 fully saturated rings. The van der Waals surface area contributed by atoms with Crippen molar-refractivity contribution in [2.45, 2.75) is 50.9 Å². The van der Waals surface area contributed by atoms with Gasteiger partial charge >= 0.3 is 0 Å². The fraction of sp³-hybridized carbons (Fsp3) is 0.667. The summed E-state index contributed by atoms with van der Waals surface area (Å²) in [6.07, 6.45) is 5.27. The Labute approximate surface area is 146 Å². The van der Waals surface area contributed by atoms with Crippen LogP contribution in [0.5, 0.6) is 0 Å². The zero-order valence-corrected chi connectivity index (χ0v) is 14.4. The van der Waals surface area contributed by atoms with Crippen molar-refractivity contribution in [2.75, 3.05) is 13.1 Å². The van der Waals surface area contributed by atoms with Crippen LogP contribution < -0.4 is 0 Å². The van der Waals surface area contributed by atoms with E-state index in [1.807, 2.05) is 17.9 Å². The second-order valence-corrected chi connectivity index (χ2v) is 7.87. The monoisotopic (exact) mass is 341 g/mol. The van der Waals surface area contributed by atoms with Crippen molar-refractivity contribution in [3.8, 4) is 0 Å². The summed E-state index contributed by atoms with van der Waals surface area (Å²) in [5.41, 5.74) is 0.713. The van der Waals surface area contributed by atoms with E-state index in [2.05, 4.69) is 15.4 Å². The molecule has 1 amide bonds. The first-order valence-electron chi connectivity index (χ1n) is 9.29. The number of likely N-dealkylation sites (tertiary alicyclic amines) is 1. The van der Waals surface area contributed by atoms with Crippen molar-refractivity contribution in [1.82, 2.24) is 25.2 Å². The van der Waals surface area contributed by atoms with Gasteiger partial charge in [0.15, 0.2) is 5.82 Å². The highest BCUT2D eigenvalue weighted by Crippen LogP contribution is 2.47. The fourth-order valence-electron chi connectivity index (χ4n) is 4.07. The predicted octanol–water partition coefficient (Wildman–Crippen LogP) is 2.17. The number of hydrogen-bond donors (Lipinski definition) is 1. The summed E-state index contributed by atoms with van der Waals surface area (Å²) < 4.78 is 5.07. The molecule has 2 aromatic heterocycles. The van der Waals surface area contributed by atoms with E-state index >= 15 is 0 Å². The van der Waals surface area contributed by atoms with Crippen molar-refractivity contribution in [2.24, 2.45) is 11.8 Å². The highest BCUT2D eigenvalue weighted by atomic mass is 16.5. The quantitative estimate of drug-likeness (QED) is 0.900. The van der Waals surface area contributed by atoms with Gasteiger partial charge in [-0.05, 0) is 44.4 Å². The van der Waals surface area contributed by atoms with E-state index in [9.17, 15) is 4.79 Å². The minimum Gasteiger partial charge on any atom is -0.361 e. The van der Waals surface area contributed by atoms with Gasteiger partial charge in [0.05, 0.1) is 12.1 Å². The molecule has 1 saturated heterocycles. The Morgan fingerprint density at radius 3 is 2.84 bits per heavy atom. The third kappa shape index (κ3) is 2.96. The lowest BCUT2D eigenvalue weighted by Crippen LogP contribution is -2.30. The van der Waals surface area contributed by atoms with Crippen molar-refractivity contribution in [1.29, 1.82) is 0 Å². The number of nitrogens with one attached hydrogen (secondary N) is 1. The number of nitrogens with zero attached hydrogens (tertiary/aromatic N) is 4. The molecule has 7 heteroatoms. The summed E-state index contributed by atoms with van der Waals surface area (Å²) in [4.78, 5) is 19.5. The van der Waals surface area contributed by atoms with Crippen LogP contribution in [0, 0.1) is 18.8 Å². The van der Waals surface area contributed by atoms with Gasteiger partial charge in [-0.2, -0.15) is 5.10 Å². The van der Waals surface area contributed by atoms with Crippen molar-refractivity contribution < 1.29 is 9.32 Å². The molecule has 132 valence electrons. The van der Waals surface area contributed by atoms with Crippen LogP contribution in [0.1, 0.15) is 60.6 Å². The molecule has 2 atom stereocenters. The lowest BCUT2D eigenvalue weighted by molar-refractivity contribution is -0.129. The average molecular weight is 341 g/mol. The van der Waals surface area contributed by atoms with Gasteiger partial charge in [-0.1, -0.05) is 5.16 Å². The van der Waals surface area contributed by atoms with Crippen LogP contribution in [0.3, 0.4) is 0 Å². The minimum absolute atomic E-state index is 0.128. The van der Waals surface area contributed by atoms with Gasteiger partial charge < -0.3 is 9.42 Å². The second-order valence-electron chi connectivity index (χ2n) is 7.87. The number of aromatic amines is 1. The number of carbonyl (C=O) groups excluding carboxylic acids is 1. The van der Waals surface area contributed by atoms with Crippen LogP contribution in [-0.2, 0) is 11.2 Å². The maximum atomic E-state index is 12.7. The zero-order valence-electron chi connectivity index (χ0n) is 14.4. The maximum Gasteiger partial charge on any atom is 0.228 e.